The maximum absolute atomic E-state index is 12.4. The maximum atomic E-state index is 12.4. The molecule has 1 amide bonds. The van der Waals surface area contributed by atoms with Gasteiger partial charge in [0.2, 0.25) is 5.91 Å². The van der Waals surface area contributed by atoms with Crippen LogP contribution in [0.15, 0.2) is 41.3 Å². The zero-order valence-corrected chi connectivity index (χ0v) is 13.1. The highest BCUT2D eigenvalue weighted by atomic mass is 32.2. The minimum atomic E-state index is 0.261. The summed E-state index contributed by atoms with van der Waals surface area (Å²) in [6.07, 6.45) is 6.80. The van der Waals surface area contributed by atoms with E-state index < -0.39 is 0 Å². The van der Waals surface area contributed by atoms with Crippen molar-refractivity contribution < 1.29 is 9.53 Å². The molecule has 1 saturated heterocycles. The molecule has 0 unspecified atom stereocenters. The van der Waals surface area contributed by atoms with Crippen LogP contribution in [0, 0.1) is 11.8 Å². The van der Waals surface area contributed by atoms with Crippen LogP contribution in [0.25, 0.3) is 0 Å². The number of allylic oxidation sites excluding steroid dienone is 2. The molecule has 0 radical (unpaired) electrons. The van der Waals surface area contributed by atoms with Crippen molar-refractivity contribution in [1.82, 2.24) is 4.90 Å². The number of carbonyl (C=O) groups excluding carboxylic acids is 1. The van der Waals surface area contributed by atoms with Gasteiger partial charge in [-0.25, -0.2) is 0 Å². The molecular weight excluding hydrogens is 282 g/mol. The van der Waals surface area contributed by atoms with Gasteiger partial charge in [-0.1, -0.05) is 18.2 Å². The Morgan fingerprint density at radius 3 is 2.67 bits per heavy atom. The van der Waals surface area contributed by atoms with Gasteiger partial charge >= 0.3 is 0 Å². The quantitative estimate of drug-likeness (QED) is 0.632. The minimum Gasteiger partial charge on any atom is -0.497 e. The van der Waals surface area contributed by atoms with Gasteiger partial charge in [-0.05, 0) is 42.9 Å². The van der Waals surface area contributed by atoms with Gasteiger partial charge in [-0.2, -0.15) is 0 Å². The number of likely N-dealkylation sites (tertiary alicyclic amines) is 1. The summed E-state index contributed by atoms with van der Waals surface area (Å²) in [5.41, 5.74) is 0. The molecule has 1 fully saturated rings. The second kappa shape index (κ2) is 6.56. The second-order valence-electron chi connectivity index (χ2n) is 5.73. The summed E-state index contributed by atoms with van der Waals surface area (Å²) in [5.74, 6) is 2.98. The molecule has 0 saturated carbocycles. The van der Waals surface area contributed by atoms with E-state index in [0.29, 0.717) is 17.6 Å². The molecule has 4 heteroatoms. The lowest BCUT2D eigenvalue weighted by Gasteiger charge is -2.17. The van der Waals surface area contributed by atoms with E-state index in [1.54, 1.807) is 18.9 Å². The zero-order chi connectivity index (χ0) is 14.7. The third-order valence-corrected chi connectivity index (χ3v) is 5.36. The lowest BCUT2D eigenvalue weighted by atomic mass is 9.86. The van der Waals surface area contributed by atoms with Crippen LogP contribution in [-0.4, -0.2) is 36.8 Å². The van der Waals surface area contributed by atoms with Gasteiger partial charge in [0.25, 0.3) is 0 Å². The van der Waals surface area contributed by atoms with E-state index in [9.17, 15) is 4.79 Å². The van der Waals surface area contributed by atoms with Crippen LogP contribution < -0.4 is 4.74 Å². The highest BCUT2D eigenvalue weighted by Crippen LogP contribution is 2.33. The summed E-state index contributed by atoms with van der Waals surface area (Å²) >= 11 is 1.59. The number of ether oxygens (including phenoxy) is 1. The summed E-state index contributed by atoms with van der Waals surface area (Å²) in [7, 11) is 1.66. The van der Waals surface area contributed by atoms with Crippen LogP contribution in [-0.2, 0) is 4.79 Å². The smallest absolute Gasteiger partial charge is 0.232 e. The number of thioether (sulfide) groups is 1. The lowest BCUT2D eigenvalue weighted by Crippen LogP contribution is -2.30. The van der Waals surface area contributed by atoms with Crippen LogP contribution in [0.5, 0.6) is 5.75 Å². The average molecular weight is 303 g/mol. The van der Waals surface area contributed by atoms with Gasteiger partial charge in [0.15, 0.2) is 0 Å². The van der Waals surface area contributed by atoms with Gasteiger partial charge in [0.1, 0.15) is 5.75 Å². The van der Waals surface area contributed by atoms with Crippen molar-refractivity contribution in [3.05, 3.63) is 36.4 Å². The molecule has 112 valence electrons. The first-order valence-corrected chi connectivity index (χ1v) is 8.44. The Morgan fingerprint density at radius 1 is 1.29 bits per heavy atom. The Bertz CT molecular complexity index is 527. The Labute approximate surface area is 130 Å². The molecule has 0 bridgehead atoms. The van der Waals surface area contributed by atoms with E-state index in [1.807, 2.05) is 24.3 Å². The number of fused-ring (bicyclic) bond motifs is 1. The van der Waals surface area contributed by atoms with Gasteiger partial charge in [-0.15, -0.1) is 11.8 Å². The number of carbonyl (C=O) groups is 1. The number of methoxy groups -OCH3 is 1. The molecule has 21 heavy (non-hydrogen) atoms. The van der Waals surface area contributed by atoms with E-state index in [-0.39, 0.29) is 5.91 Å². The molecule has 3 rings (SSSR count). The van der Waals surface area contributed by atoms with Crippen molar-refractivity contribution in [2.75, 3.05) is 26.0 Å². The fourth-order valence-electron chi connectivity index (χ4n) is 3.15. The van der Waals surface area contributed by atoms with E-state index in [4.69, 9.17) is 4.74 Å². The molecular formula is C17H21NO2S. The first kappa shape index (κ1) is 14.5. The largest absolute Gasteiger partial charge is 0.497 e. The van der Waals surface area contributed by atoms with Crippen molar-refractivity contribution in [3.63, 3.8) is 0 Å². The van der Waals surface area contributed by atoms with E-state index in [0.717, 1.165) is 36.6 Å². The van der Waals surface area contributed by atoms with Gasteiger partial charge in [-0.3, -0.25) is 4.79 Å². The van der Waals surface area contributed by atoms with Crippen molar-refractivity contribution in [2.24, 2.45) is 11.8 Å². The molecule has 0 spiro atoms. The Kier molecular flexibility index (Phi) is 4.54. The number of benzene rings is 1. The van der Waals surface area contributed by atoms with E-state index in [2.05, 4.69) is 17.1 Å². The lowest BCUT2D eigenvalue weighted by molar-refractivity contribution is -0.127. The first-order valence-electron chi connectivity index (χ1n) is 7.46. The molecule has 2 aliphatic rings. The summed E-state index contributed by atoms with van der Waals surface area (Å²) in [4.78, 5) is 15.5. The Morgan fingerprint density at radius 2 is 2.00 bits per heavy atom. The normalized spacial score (nSPS) is 24.0. The number of hydrogen-bond donors (Lipinski definition) is 0. The Hall–Kier alpha value is -1.42. The third-order valence-electron chi connectivity index (χ3n) is 4.38. The van der Waals surface area contributed by atoms with Crippen LogP contribution in [0.4, 0.5) is 0 Å². The first-order chi connectivity index (χ1) is 10.3. The van der Waals surface area contributed by atoms with Crippen molar-refractivity contribution in [3.8, 4) is 5.75 Å². The molecule has 1 aromatic carbocycles. The average Bonchev–Trinajstić information content (AvgIpc) is 2.97. The minimum absolute atomic E-state index is 0.261. The fraction of sp³-hybridized carbons (Fsp3) is 0.471. The number of rotatable bonds is 4. The molecule has 1 aliphatic carbocycles. The molecule has 2 atom stereocenters. The number of nitrogens with zero attached hydrogens (tertiary/aromatic N) is 1. The summed E-state index contributed by atoms with van der Waals surface area (Å²) in [5, 5.41) is 0. The molecule has 1 aliphatic heterocycles. The van der Waals surface area contributed by atoms with Crippen LogP contribution in [0.3, 0.4) is 0 Å². The molecule has 0 N–H and O–H groups in total. The van der Waals surface area contributed by atoms with Crippen LogP contribution in [0.2, 0.25) is 0 Å². The van der Waals surface area contributed by atoms with E-state index in [1.165, 1.54) is 0 Å². The predicted molar refractivity (Wildman–Crippen MR) is 85.7 cm³/mol. The topological polar surface area (TPSA) is 29.5 Å². The molecule has 0 aromatic heterocycles. The van der Waals surface area contributed by atoms with Gasteiger partial charge in [0, 0.05) is 18.0 Å². The monoisotopic (exact) mass is 303 g/mol. The predicted octanol–water partition coefficient (Wildman–Crippen LogP) is 3.21. The SMILES string of the molecule is COc1cccc(SCC(=O)N2C[C@H]3CC=CC[C@H]3C2)c1. The standard InChI is InChI=1S/C17H21NO2S/c1-20-15-7-4-8-16(9-15)21-12-17(19)18-10-13-5-2-3-6-14(13)11-18/h2-4,7-9,13-14H,5-6,10-12H2,1H3/t13-,14+. The van der Waals surface area contributed by atoms with Gasteiger partial charge in [0.05, 0.1) is 12.9 Å². The molecule has 1 aromatic rings. The maximum Gasteiger partial charge on any atom is 0.232 e. The molecule has 3 nitrogen and oxygen atoms in total. The van der Waals surface area contributed by atoms with Gasteiger partial charge < -0.3 is 9.64 Å². The van der Waals surface area contributed by atoms with Crippen LogP contribution in [0.1, 0.15) is 12.8 Å². The number of amides is 1. The summed E-state index contributed by atoms with van der Waals surface area (Å²) in [6.45, 7) is 1.87. The second-order valence-corrected chi connectivity index (χ2v) is 6.78. The van der Waals surface area contributed by atoms with Crippen LogP contribution >= 0.6 is 11.8 Å². The highest BCUT2D eigenvalue weighted by Gasteiger charge is 2.34. The summed E-state index contributed by atoms with van der Waals surface area (Å²) < 4.78 is 5.21. The van der Waals surface area contributed by atoms with Crippen molar-refractivity contribution in [1.29, 1.82) is 0 Å². The fourth-order valence-corrected chi connectivity index (χ4v) is 3.99. The van der Waals surface area contributed by atoms with E-state index >= 15 is 0 Å². The highest BCUT2D eigenvalue weighted by molar-refractivity contribution is 8.00. The zero-order valence-electron chi connectivity index (χ0n) is 12.3. The number of hydrogen-bond acceptors (Lipinski definition) is 3. The Balaban J connectivity index is 1.52. The van der Waals surface area contributed by atoms with Crippen molar-refractivity contribution in [2.45, 2.75) is 17.7 Å². The molecule has 1 heterocycles. The third kappa shape index (κ3) is 3.43. The van der Waals surface area contributed by atoms with Crippen molar-refractivity contribution >= 4 is 17.7 Å². The summed E-state index contributed by atoms with van der Waals surface area (Å²) in [6, 6.07) is 7.88.